The highest BCUT2D eigenvalue weighted by molar-refractivity contribution is 9.10. The first kappa shape index (κ1) is 9.24. The van der Waals surface area contributed by atoms with Crippen LogP contribution in [0.5, 0.6) is 0 Å². The zero-order valence-electron chi connectivity index (χ0n) is 7.43. The van der Waals surface area contributed by atoms with E-state index in [1.54, 1.807) is 0 Å². The molecule has 1 aromatic heterocycles. The van der Waals surface area contributed by atoms with Crippen molar-refractivity contribution >= 4 is 15.9 Å². The highest BCUT2D eigenvalue weighted by Gasteiger charge is 2.35. The summed E-state index contributed by atoms with van der Waals surface area (Å²) in [4.78, 5) is 0. The van der Waals surface area contributed by atoms with E-state index in [9.17, 15) is 5.11 Å². The average Bonchev–Trinajstić information content (AvgIpc) is 2.27. The molecule has 0 radical (unpaired) electrons. The van der Waals surface area contributed by atoms with Gasteiger partial charge in [0.25, 0.3) is 0 Å². The molecule has 1 saturated heterocycles. The van der Waals surface area contributed by atoms with Crippen LogP contribution in [0.15, 0.2) is 15.2 Å². The molecule has 0 bridgehead atoms. The fourth-order valence-corrected chi connectivity index (χ4v) is 2.03. The van der Waals surface area contributed by atoms with Crippen molar-refractivity contribution in [1.29, 1.82) is 0 Å². The fourth-order valence-electron chi connectivity index (χ4n) is 1.49. The zero-order chi connectivity index (χ0) is 9.47. The van der Waals surface area contributed by atoms with E-state index in [0.717, 1.165) is 16.0 Å². The molecule has 0 spiro atoms. The summed E-state index contributed by atoms with van der Waals surface area (Å²) in [5.41, 5.74) is 0.495. The van der Waals surface area contributed by atoms with Crippen molar-refractivity contribution in [3.05, 3.63) is 22.1 Å². The summed E-state index contributed by atoms with van der Waals surface area (Å²) >= 11 is 3.27. The van der Waals surface area contributed by atoms with E-state index in [4.69, 9.17) is 4.42 Å². The molecule has 0 saturated carbocycles. The number of nitrogens with one attached hydrogen (secondary N) is 1. The number of hydrogen-bond donors (Lipinski definition) is 2. The molecule has 13 heavy (non-hydrogen) atoms. The molecule has 0 atom stereocenters. The van der Waals surface area contributed by atoms with Gasteiger partial charge in [-0.2, -0.15) is 0 Å². The van der Waals surface area contributed by atoms with Crippen LogP contribution in [0, 0.1) is 6.92 Å². The standard InChI is InChI=1S/C9H12BrNO2/c1-6-2-8(10)13-7(6)3-9(12)4-11-5-9/h2,11-12H,3-5H2,1H3. The van der Waals surface area contributed by atoms with Crippen molar-refractivity contribution in [2.24, 2.45) is 0 Å². The van der Waals surface area contributed by atoms with Crippen LogP contribution < -0.4 is 5.32 Å². The summed E-state index contributed by atoms with van der Waals surface area (Å²) in [7, 11) is 0. The van der Waals surface area contributed by atoms with Crippen molar-refractivity contribution in [3.63, 3.8) is 0 Å². The highest BCUT2D eigenvalue weighted by atomic mass is 79.9. The number of halogens is 1. The van der Waals surface area contributed by atoms with Crippen molar-refractivity contribution in [2.45, 2.75) is 18.9 Å². The molecule has 1 aliphatic rings. The van der Waals surface area contributed by atoms with Crippen LogP contribution in [0.3, 0.4) is 0 Å². The van der Waals surface area contributed by atoms with Gasteiger partial charge in [-0.1, -0.05) is 0 Å². The summed E-state index contributed by atoms with van der Waals surface area (Å²) in [6.07, 6.45) is 0.595. The lowest BCUT2D eigenvalue weighted by Gasteiger charge is -2.37. The van der Waals surface area contributed by atoms with Crippen LogP contribution in [0.4, 0.5) is 0 Å². The zero-order valence-corrected chi connectivity index (χ0v) is 9.02. The lowest BCUT2D eigenvalue weighted by Crippen LogP contribution is -2.60. The lowest BCUT2D eigenvalue weighted by molar-refractivity contribution is -0.0133. The predicted octanol–water partition coefficient (Wildman–Crippen LogP) is 1.23. The van der Waals surface area contributed by atoms with E-state index in [2.05, 4.69) is 21.2 Å². The second-order valence-electron chi connectivity index (χ2n) is 3.66. The Morgan fingerprint density at radius 2 is 2.38 bits per heavy atom. The molecule has 2 rings (SSSR count). The highest BCUT2D eigenvalue weighted by Crippen LogP contribution is 2.25. The maximum atomic E-state index is 9.86. The quantitative estimate of drug-likeness (QED) is 0.824. The summed E-state index contributed by atoms with van der Waals surface area (Å²) in [6, 6.07) is 1.92. The van der Waals surface area contributed by atoms with Gasteiger partial charge >= 0.3 is 0 Å². The van der Waals surface area contributed by atoms with Crippen LogP contribution >= 0.6 is 15.9 Å². The second-order valence-corrected chi connectivity index (χ2v) is 4.44. The molecular formula is C9H12BrNO2. The maximum absolute atomic E-state index is 9.86. The molecule has 0 amide bonds. The van der Waals surface area contributed by atoms with Gasteiger partial charge in [-0.25, -0.2) is 0 Å². The first-order chi connectivity index (χ1) is 6.09. The number of aliphatic hydroxyl groups is 1. The van der Waals surface area contributed by atoms with Gasteiger partial charge < -0.3 is 14.8 Å². The van der Waals surface area contributed by atoms with Gasteiger partial charge in [-0.15, -0.1) is 0 Å². The summed E-state index contributed by atoms with van der Waals surface area (Å²) in [6.45, 7) is 3.30. The number of furan rings is 1. The average molecular weight is 246 g/mol. The van der Waals surface area contributed by atoms with E-state index in [-0.39, 0.29) is 0 Å². The Kier molecular flexibility index (Phi) is 2.21. The topological polar surface area (TPSA) is 45.4 Å². The van der Waals surface area contributed by atoms with Crippen molar-refractivity contribution in [3.8, 4) is 0 Å². The second kappa shape index (κ2) is 3.12. The molecule has 1 aliphatic heterocycles. The summed E-state index contributed by atoms with van der Waals surface area (Å²) in [5.74, 6) is 0.871. The summed E-state index contributed by atoms with van der Waals surface area (Å²) < 4.78 is 6.15. The van der Waals surface area contributed by atoms with Gasteiger partial charge in [0.15, 0.2) is 4.67 Å². The molecule has 1 fully saturated rings. The van der Waals surface area contributed by atoms with Crippen molar-refractivity contribution in [2.75, 3.05) is 13.1 Å². The number of aryl methyl sites for hydroxylation is 1. The van der Waals surface area contributed by atoms with E-state index < -0.39 is 5.60 Å². The van der Waals surface area contributed by atoms with Crippen LogP contribution in [-0.2, 0) is 6.42 Å². The maximum Gasteiger partial charge on any atom is 0.169 e. The number of rotatable bonds is 2. The Hall–Kier alpha value is -0.320. The Bertz CT molecular complexity index is 317. The largest absolute Gasteiger partial charge is 0.454 e. The van der Waals surface area contributed by atoms with Gasteiger partial charge in [0, 0.05) is 19.5 Å². The Morgan fingerprint density at radius 1 is 1.69 bits per heavy atom. The molecular weight excluding hydrogens is 234 g/mol. The van der Waals surface area contributed by atoms with Gasteiger partial charge in [-0.3, -0.25) is 0 Å². The van der Waals surface area contributed by atoms with Gasteiger partial charge in [0.2, 0.25) is 0 Å². The molecule has 0 aliphatic carbocycles. The van der Waals surface area contributed by atoms with E-state index in [1.807, 2.05) is 13.0 Å². The van der Waals surface area contributed by atoms with Crippen LogP contribution in [-0.4, -0.2) is 23.8 Å². The molecule has 4 heteroatoms. The Morgan fingerprint density at radius 3 is 2.77 bits per heavy atom. The molecule has 2 N–H and O–H groups in total. The van der Waals surface area contributed by atoms with E-state index in [0.29, 0.717) is 19.5 Å². The minimum atomic E-state index is -0.595. The predicted molar refractivity (Wildman–Crippen MR) is 52.7 cm³/mol. The van der Waals surface area contributed by atoms with Gasteiger partial charge in [0.05, 0.1) is 5.60 Å². The normalized spacial score (nSPS) is 19.9. The third kappa shape index (κ3) is 1.80. The smallest absolute Gasteiger partial charge is 0.169 e. The lowest BCUT2D eigenvalue weighted by atomic mass is 9.91. The first-order valence-electron chi connectivity index (χ1n) is 4.27. The number of β-amino-alcohol motifs (C(OH)–C–C–N with tert-alkyl or cyclic N) is 1. The van der Waals surface area contributed by atoms with Crippen LogP contribution in [0.2, 0.25) is 0 Å². The third-order valence-corrected chi connectivity index (χ3v) is 2.78. The van der Waals surface area contributed by atoms with E-state index in [1.165, 1.54) is 0 Å². The Balaban J connectivity index is 2.12. The molecule has 72 valence electrons. The molecule has 0 aromatic carbocycles. The molecule has 0 unspecified atom stereocenters. The first-order valence-corrected chi connectivity index (χ1v) is 5.06. The van der Waals surface area contributed by atoms with Crippen LogP contribution in [0.25, 0.3) is 0 Å². The molecule has 2 heterocycles. The van der Waals surface area contributed by atoms with Gasteiger partial charge in [-0.05, 0) is 34.5 Å². The number of hydrogen-bond acceptors (Lipinski definition) is 3. The molecule has 1 aromatic rings. The molecule has 3 nitrogen and oxygen atoms in total. The summed E-state index contributed by atoms with van der Waals surface area (Å²) in [5, 5.41) is 12.9. The van der Waals surface area contributed by atoms with Gasteiger partial charge in [0.1, 0.15) is 5.76 Å². The third-order valence-electron chi connectivity index (χ3n) is 2.39. The minimum Gasteiger partial charge on any atom is -0.454 e. The SMILES string of the molecule is Cc1cc(Br)oc1CC1(O)CNC1. The van der Waals surface area contributed by atoms with Crippen molar-refractivity contribution in [1.82, 2.24) is 5.32 Å². The van der Waals surface area contributed by atoms with E-state index >= 15 is 0 Å². The minimum absolute atomic E-state index is 0.595. The van der Waals surface area contributed by atoms with Crippen LogP contribution in [0.1, 0.15) is 11.3 Å². The van der Waals surface area contributed by atoms with Crippen molar-refractivity contribution < 1.29 is 9.52 Å². The fraction of sp³-hybridized carbons (Fsp3) is 0.556. The monoisotopic (exact) mass is 245 g/mol. The Labute approximate surface area is 85.3 Å².